The van der Waals surface area contributed by atoms with E-state index in [9.17, 15) is 18.9 Å². The molecular weight excluding hydrogens is 710 g/mol. The van der Waals surface area contributed by atoms with Crippen molar-refractivity contribution in [1.29, 1.82) is 0 Å². The summed E-state index contributed by atoms with van der Waals surface area (Å²) in [6, 6.07) is 28.3. The number of phosphoric acid groups is 2. The first-order chi connectivity index (χ1) is 24.0. The van der Waals surface area contributed by atoms with Crippen LogP contribution < -0.4 is 27.9 Å². The average Bonchev–Trinajstić information content (AvgIpc) is 3.10. The Balaban J connectivity index is 0.000000347. The second-order valence-electron chi connectivity index (χ2n) is 12.2. The van der Waals surface area contributed by atoms with Crippen LogP contribution in [0.15, 0.2) is 97.1 Å². The van der Waals surface area contributed by atoms with Crippen LogP contribution in [-0.4, -0.2) is 37.7 Å². The van der Waals surface area contributed by atoms with E-state index < -0.39 is 15.6 Å². The summed E-state index contributed by atoms with van der Waals surface area (Å²) in [6.45, 7) is 8.55. The summed E-state index contributed by atoms with van der Waals surface area (Å²) in [5.74, 6) is 1.05. The van der Waals surface area contributed by atoms with E-state index in [4.69, 9.17) is 18.1 Å². The number of rotatable bonds is 20. The standard InChI is InChI=1S/2C20H27O4P.Ca/c2*1-3-5-7-17-9-13-19(14-10-17)23-25(21,22)24-20-15-11-18(12-16-20)8-6-4-2;/h2*9-16H,3-8H2,1-2H3,(H,21,22);/q;;+2/p-2. The van der Waals surface area contributed by atoms with Crippen molar-refractivity contribution in [3.8, 4) is 23.0 Å². The summed E-state index contributed by atoms with van der Waals surface area (Å²) in [6.07, 6.45) is 12.8. The molecule has 0 N–H and O–H groups in total. The molecule has 51 heavy (non-hydrogen) atoms. The van der Waals surface area contributed by atoms with E-state index in [0.29, 0.717) is 0 Å². The van der Waals surface area contributed by atoms with Crippen LogP contribution in [0.25, 0.3) is 0 Å². The minimum Gasteiger partial charge on any atom is -0.736 e. The van der Waals surface area contributed by atoms with E-state index in [1.807, 2.05) is 48.5 Å². The molecule has 0 saturated heterocycles. The predicted molar refractivity (Wildman–Crippen MR) is 204 cm³/mol. The number of benzene rings is 4. The van der Waals surface area contributed by atoms with Crippen LogP contribution in [0.1, 0.15) is 101 Å². The van der Waals surface area contributed by atoms with Crippen molar-refractivity contribution >= 4 is 53.4 Å². The number of aryl methyl sites for hydroxylation is 4. The SMILES string of the molecule is CCCCc1ccc(OP(=O)([O-])Oc2ccc(CCCC)cc2)cc1.CCCCc1ccc(OP(=O)([O-])Oc2ccc(CCCC)cc2)cc1.[Ca+2]. The molecule has 0 aliphatic rings. The van der Waals surface area contributed by atoms with Gasteiger partial charge in [0.25, 0.3) is 0 Å². The van der Waals surface area contributed by atoms with E-state index in [2.05, 4.69) is 27.7 Å². The molecule has 0 fully saturated rings. The molecule has 0 aromatic heterocycles. The third kappa shape index (κ3) is 18.4. The van der Waals surface area contributed by atoms with Gasteiger partial charge in [0, 0.05) is 0 Å². The van der Waals surface area contributed by atoms with Gasteiger partial charge in [-0.05, 0) is 122 Å². The van der Waals surface area contributed by atoms with E-state index in [-0.39, 0.29) is 60.7 Å². The smallest absolute Gasteiger partial charge is 0.736 e. The van der Waals surface area contributed by atoms with Crippen molar-refractivity contribution in [1.82, 2.24) is 0 Å². The molecule has 0 aliphatic carbocycles. The molecule has 0 heterocycles. The molecule has 0 unspecified atom stereocenters. The Hall–Kier alpha value is -2.28. The minimum atomic E-state index is -4.46. The molecule has 272 valence electrons. The molecule has 0 atom stereocenters. The summed E-state index contributed by atoms with van der Waals surface area (Å²) in [7, 11) is -8.92. The van der Waals surface area contributed by atoms with Crippen LogP contribution in [0.4, 0.5) is 0 Å². The minimum absolute atomic E-state index is 0. The van der Waals surface area contributed by atoms with Gasteiger partial charge in [0.05, 0.1) is 0 Å². The number of phosphoric ester groups is 2. The summed E-state index contributed by atoms with van der Waals surface area (Å²) in [4.78, 5) is 24.1. The van der Waals surface area contributed by atoms with Gasteiger partial charge in [-0.15, -0.1) is 0 Å². The van der Waals surface area contributed by atoms with Gasteiger partial charge in [-0.3, -0.25) is 0 Å². The normalized spacial score (nSPS) is 11.1. The van der Waals surface area contributed by atoms with Crippen molar-refractivity contribution in [2.24, 2.45) is 0 Å². The zero-order chi connectivity index (χ0) is 36.2. The third-order valence-corrected chi connectivity index (χ3v) is 9.58. The number of unbranched alkanes of at least 4 members (excludes halogenated alkanes) is 4. The van der Waals surface area contributed by atoms with E-state index >= 15 is 0 Å². The van der Waals surface area contributed by atoms with Crippen molar-refractivity contribution in [3.05, 3.63) is 119 Å². The second kappa shape index (κ2) is 24.1. The van der Waals surface area contributed by atoms with Crippen molar-refractivity contribution in [3.63, 3.8) is 0 Å². The second-order valence-corrected chi connectivity index (χ2v) is 14.8. The summed E-state index contributed by atoms with van der Waals surface area (Å²) >= 11 is 0. The maximum absolute atomic E-state index is 12.1. The first-order valence-electron chi connectivity index (χ1n) is 17.8. The van der Waals surface area contributed by atoms with Crippen LogP contribution in [0.3, 0.4) is 0 Å². The van der Waals surface area contributed by atoms with Crippen LogP contribution in [0.2, 0.25) is 0 Å². The number of hydrogen-bond donors (Lipinski definition) is 0. The Labute approximate surface area is 335 Å². The summed E-state index contributed by atoms with van der Waals surface area (Å²) < 4.78 is 44.3. The van der Waals surface area contributed by atoms with Crippen LogP contribution in [-0.2, 0) is 34.8 Å². The molecule has 0 aliphatic heterocycles. The monoisotopic (exact) mass is 762 g/mol. The quantitative estimate of drug-likeness (QED) is 0.0645. The molecular formula is C40H52CaO8P2. The van der Waals surface area contributed by atoms with Gasteiger partial charge in [0.15, 0.2) is 0 Å². The van der Waals surface area contributed by atoms with Gasteiger partial charge in [0.1, 0.15) is 23.0 Å². The zero-order valence-electron chi connectivity index (χ0n) is 30.6. The Kier molecular flexibility index (Phi) is 21.2. The van der Waals surface area contributed by atoms with Gasteiger partial charge in [-0.25, -0.2) is 9.13 Å². The third-order valence-electron chi connectivity index (χ3n) is 7.84. The van der Waals surface area contributed by atoms with Gasteiger partial charge < -0.3 is 27.9 Å². The van der Waals surface area contributed by atoms with Gasteiger partial charge >= 0.3 is 53.4 Å². The fourth-order valence-corrected chi connectivity index (χ4v) is 6.54. The van der Waals surface area contributed by atoms with Crippen molar-refractivity contribution in [2.45, 2.75) is 105 Å². The van der Waals surface area contributed by atoms with Gasteiger partial charge in [-0.2, -0.15) is 0 Å². The fourth-order valence-electron chi connectivity index (χ4n) is 4.95. The first-order valence-corrected chi connectivity index (χ1v) is 20.7. The Morgan fingerprint density at radius 3 is 0.725 bits per heavy atom. The largest absolute Gasteiger partial charge is 2.00 e. The zero-order valence-corrected chi connectivity index (χ0v) is 34.6. The molecule has 0 spiro atoms. The molecule has 4 rings (SSSR count). The predicted octanol–water partition coefficient (Wildman–Crippen LogP) is 10.2. The van der Waals surface area contributed by atoms with E-state index in [0.717, 1.165) is 77.0 Å². The van der Waals surface area contributed by atoms with Crippen LogP contribution in [0.5, 0.6) is 23.0 Å². The van der Waals surface area contributed by atoms with Gasteiger partial charge in [-0.1, -0.05) is 102 Å². The maximum atomic E-state index is 12.1. The van der Waals surface area contributed by atoms with E-state index in [1.165, 1.54) is 22.3 Å². The summed E-state index contributed by atoms with van der Waals surface area (Å²) in [5, 5.41) is 0. The Morgan fingerprint density at radius 1 is 0.392 bits per heavy atom. The number of hydrogen-bond acceptors (Lipinski definition) is 8. The topological polar surface area (TPSA) is 117 Å². The fraction of sp³-hybridized carbons (Fsp3) is 0.400. The van der Waals surface area contributed by atoms with Crippen LogP contribution >= 0.6 is 15.6 Å². The molecule has 11 heteroatoms. The van der Waals surface area contributed by atoms with Gasteiger partial charge in [0.2, 0.25) is 0 Å². The molecule has 0 saturated carbocycles. The van der Waals surface area contributed by atoms with Crippen LogP contribution in [0, 0.1) is 0 Å². The van der Waals surface area contributed by atoms with Crippen molar-refractivity contribution in [2.75, 3.05) is 0 Å². The molecule has 0 radical (unpaired) electrons. The first kappa shape index (κ1) is 44.9. The Bertz CT molecular complexity index is 1370. The molecule has 0 amide bonds. The van der Waals surface area contributed by atoms with E-state index in [1.54, 1.807) is 48.5 Å². The molecule has 4 aromatic carbocycles. The summed E-state index contributed by atoms with van der Waals surface area (Å²) in [5.41, 5.74) is 4.66. The Morgan fingerprint density at radius 2 is 0.569 bits per heavy atom. The maximum Gasteiger partial charge on any atom is 2.00 e. The molecule has 4 aromatic rings. The molecule has 8 nitrogen and oxygen atoms in total. The average molecular weight is 763 g/mol. The molecule has 0 bridgehead atoms. The van der Waals surface area contributed by atoms with Crippen molar-refractivity contribution < 1.29 is 37.0 Å².